The fourth-order valence-corrected chi connectivity index (χ4v) is 4.10. The largest absolute Gasteiger partial charge is 0.383 e. The van der Waals surface area contributed by atoms with Crippen LogP contribution in [0.2, 0.25) is 0 Å². The van der Waals surface area contributed by atoms with Crippen molar-refractivity contribution >= 4 is 28.3 Å². The van der Waals surface area contributed by atoms with Gasteiger partial charge in [0.15, 0.2) is 0 Å². The molecule has 0 bridgehead atoms. The molecule has 0 aliphatic heterocycles. The van der Waals surface area contributed by atoms with E-state index in [0.717, 1.165) is 45.1 Å². The third-order valence-electron chi connectivity index (χ3n) is 5.95. The number of hydrogen-bond acceptors (Lipinski definition) is 5. The van der Waals surface area contributed by atoms with Crippen LogP contribution in [-0.4, -0.2) is 25.7 Å². The molecular weight excluding hydrogens is 388 g/mol. The van der Waals surface area contributed by atoms with Gasteiger partial charge in [0.05, 0.1) is 11.9 Å². The molecule has 3 heterocycles. The molecule has 0 unspecified atom stereocenters. The van der Waals surface area contributed by atoms with Crippen molar-refractivity contribution in [3.05, 3.63) is 65.6 Å². The van der Waals surface area contributed by atoms with Gasteiger partial charge in [0.25, 0.3) is 0 Å². The van der Waals surface area contributed by atoms with Crippen molar-refractivity contribution < 1.29 is 4.79 Å². The van der Waals surface area contributed by atoms with Crippen LogP contribution in [-0.2, 0) is 11.8 Å². The zero-order valence-electron chi connectivity index (χ0n) is 17.8. The van der Waals surface area contributed by atoms with Crippen LogP contribution in [0.4, 0.5) is 11.6 Å². The molecule has 3 N–H and O–H groups in total. The summed E-state index contributed by atoms with van der Waals surface area (Å²) in [4.78, 5) is 21.7. The number of nitrogen functional groups attached to an aromatic ring is 1. The molecule has 7 nitrogen and oxygen atoms in total. The van der Waals surface area contributed by atoms with Gasteiger partial charge in [-0.1, -0.05) is 17.7 Å². The molecule has 1 fully saturated rings. The smallest absolute Gasteiger partial charge is 0.229 e. The molecule has 0 spiro atoms. The fraction of sp³-hybridized carbons (Fsp3) is 0.250. The Morgan fingerprint density at radius 3 is 2.81 bits per heavy atom. The number of aryl methyl sites for hydroxylation is 3. The van der Waals surface area contributed by atoms with Crippen LogP contribution in [0.15, 0.2) is 48.9 Å². The fourth-order valence-electron chi connectivity index (χ4n) is 4.10. The molecule has 0 saturated heterocycles. The van der Waals surface area contributed by atoms with Crippen LogP contribution in [0.25, 0.3) is 22.0 Å². The molecule has 156 valence electrons. The van der Waals surface area contributed by atoms with Gasteiger partial charge in [-0.05, 0) is 60.9 Å². The third-order valence-corrected chi connectivity index (χ3v) is 5.95. The van der Waals surface area contributed by atoms with Crippen molar-refractivity contribution in [2.45, 2.75) is 26.2 Å². The van der Waals surface area contributed by atoms with Crippen molar-refractivity contribution in [3.8, 4) is 11.3 Å². The number of hydrogen-bond donors (Lipinski definition) is 2. The predicted octanol–water partition coefficient (Wildman–Crippen LogP) is 3.97. The maximum atomic E-state index is 12.7. The third kappa shape index (κ3) is 3.63. The summed E-state index contributed by atoms with van der Waals surface area (Å²) in [6, 6.07) is 10.1. The first-order valence-electron chi connectivity index (χ1n) is 10.3. The molecule has 2 atom stereocenters. The number of fused-ring (bicyclic) bond motifs is 1. The Morgan fingerprint density at radius 2 is 2.03 bits per heavy atom. The van der Waals surface area contributed by atoms with Crippen molar-refractivity contribution in [2.75, 3.05) is 11.1 Å². The van der Waals surface area contributed by atoms with E-state index in [1.807, 2.05) is 31.6 Å². The van der Waals surface area contributed by atoms with Crippen LogP contribution < -0.4 is 11.1 Å². The zero-order valence-corrected chi connectivity index (χ0v) is 17.8. The van der Waals surface area contributed by atoms with Crippen LogP contribution in [0.3, 0.4) is 0 Å². The van der Waals surface area contributed by atoms with Gasteiger partial charge < -0.3 is 11.1 Å². The Hall–Kier alpha value is -3.74. The minimum absolute atomic E-state index is 0.0162. The highest BCUT2D eigenvalue weighted by atomic mass is 16.2. The summed E-state index contributed by atoms with van der Waals surface area (Å²) in [6.45, 7) is 4.12. The SMILES string of the molecule is Cc1ccc(C)c(-c2cc3cc(NC(=O)[C@@H]4C[C@H]4c4cnn(C)c4)ncc3c(N)n2)c1. The lowest BCUT2D eigenvalue weighted by atomic mass is 10.0. The first kappa shape index (κ1) is 19.2. The number of rotatable bonds is 4. The van der Waals surface area contributed by atoms with Gasteiger partial charge in [-0.3, -0.25) is 9.48 Å². The first-order chi connectivity index (χ1) is 14.9. The number of carbonyl (C=O) groups excluding carboxylic acids is 1. The first-order valence-corrected chi connectivity index (χ1v) is 10.3. The van der Waals surface area contributed by atoms with Crippen LogP contribution in [0, 0.1) is 19.8 Å². The lowest BCUT2D eigenvalue weighted by molar-refractivity contribution is -0.117. The second-order valence-electron chi connectivity index (χ2n) is 8.39. The van der Waals surface area contributed by atoms with Crippen LogP contribution >= 0.6 is 0 Å². The Kier molecular flexibility index (Phi) is 4.46. The molecular formula is C24H24N6O. The maximum absolute atomic E-state index is 12.7. The number of nitrogens with zero attached hydrogens (tertiary/aromatic N) is 4. The van der Waals surface area contributed by atoms with E-state index in [9.17, 15) is 4.79 Å². The Balaban J connectivity index is 1.42. The number of pyridine rings is 2. The van der Waals surface area contributed by atoms with Gasteiger partial charge in [-0.2, -0.15) is 5.10 Å². The molecule has 3 aromatic heterocycles. The molecule has 0 radical (unpaired) electrons. The average molecular weight is 412 g/mol. The Labute approximate surface area is 180 Å². The van der Waals surface area contributed by atoms with E-state index in [2.05, 4.69) is 52.4 Å². The summed E-state index contributed by atoms with van der Waals surface area (Å²) in [7, 11) is 1.88. The van der Waals surface area contributed by atoms with E-state index >= 15 is 0 Å². The number of nitrogens with one attached hydrogen (secondary N) is 1. The molecule has 1 aromatic carbocycles. The summed E-state index contributed by atoms with van der Waals surface area (Å²) in [5.41, 5.74) is 11.5. The molecule has 1 aliphatic carbocycles. The highest BCUT2D eigenvalue weighted by Crippen LogP contribution is 2.47. The number of anilines is 2. The van der Waals surface area contributed by atoms with E-state index < -0.39 is 0 Å². The summed E-state index contributed by atoms with van der Waals surface area (Å²) in [5.74, 6) is 1.11. The minimum atomic E-state index is -0.0466. The van der Waals surface area contributed by atoms with E-state index in [4.69, 9.17) is 5.73 Å². The second-order valence-corrected chi connectivity index (χ2v) is 8.39. The number of nitrogens with two attached hydrogens (primary N) is 1. The summed E-state index contributed by atoms with van der Waals surface area (Å²) >= 11 is 0. The molecule has 1 aliphatic rings. The second kappa shape index (κ2) is 7.19. The summed E-state index contributed by atoms with van der Waals surface area (Å²) in [6.07, 6.45) is 6.30. The van der Waals surface area contributed by atoms with Crippen molar-refractivity contribution in [2.24, 2.45) is 13.0 Å². The molecule has 1 saturated carbocycles. The van der Waals surface area contributed by atoms with E-state index in [0.29, 0.717) is 11.6 Å². The van der Waals surface area contributed by atoms with Gasteiger partial charge in [-0.25, -0.2) is 9.97 Å². The lowest BCUT2D eigenvalue weighted by Gasteiger charge is -2.11. The standard InChI is InChI=1S/C24H24N6O/c1-13-4-5-14(2)17(6-13)21-7-15-8-22(26-11-20(15)23(25)28-21)29-24(31)19-9-18(19)16-10-27-30(3)12-16/h4-8,10-12,18-19H,9H2,1-3H3,(H2,25,28)(H,26,29,31)/t18-,19+/m0/s1. The number of benzene rings is 1. The van der Waals surface area contributed by atoms with Gasteiger partial charge in [0.1, 0.15) is 11.6 Å². The molecule has 1 amide bonds. The van der Waals surface area contributed by atoms with Crippen molar-refractivity contribution in [3.63, 3.8) is 0 Å². The highest BCUT2D eigenvalue weighted by Gasteiger charge is 2.44. The lowest BCUT2D eigenvalue weighted by Crippen LogP contribution is -2.15. The van der Waals surface area contributed by atoms with Gasteiger partial charge in [0.2, 0.25) is 5.91 Å². The Morgan fingerprint density at radius 1 is 1.19 bits per heavy atom. The number of carbonyl (C=O) groups is 1. The van der Waals surface area contributed by atoms with Crippen molar-refractivity contribution in [1.29, 1.82) is 0 Å². The summed E-state index contributed by atoms with van der Waals surface area (Å²) in [5, 5.41) is 8.83. The average Bonchev–Trinajstić information content (AvgIpc) is 3.43. The van der Waals surface area contributed by atoms with Crippen LogP contribution in [0.1, 0.15) is 29.0 Å². The van der Waals surface area contributed by atoms with Crippen LogP contribution in [0.5, 0.6) is 0 Å². The summed E-state index contributed by atoms with van der Waals surface area (Å²) < 4.78 is 1.76. The quantitative estimate of drug-likeness (QED) is 0.528. The van der Waals surface area contributed by atoms with Gasteiger partial charge in [0, 0.05) is 36.3 Å². The maximum Gasteiger partial charge on any atom is 0.229 e. The minimum Gasteiger partial charge on any atom is -0.383 e. The van der Waals surface area contributed by atoms with E-state index in [1.54, 1.807) is 10.9 Å². The number of aromatic nitrogens is 4. The van der Waals surface area contributed by atoms with Crippen molar-refractivity contribution in [1.82, 2.24) is 19.7 Å². The molecule has 5 rings (SSSR count). The van der Waals surface area contributed by atoms with E-state index in [1.165, 1.54) is 0 Å². The zero-order chi connectivity index (χ0) is 21.7. The topological polar surface area (TPSA) is 98.7 Å². The van der Waals surface area contributed by atoms with Gasteiger partial charge >= 0.3 is 0 Å². The molecule has 7 heteroatoms. The van der Waals surface area contributed by atoms with E-state index in [-0.39, 0.29) is 17.7 Å². The highest BCUT2D eigenvalue weighted by molar-refractivity contribution is 5.98. The monoisotopic (exact) mass is 412 g/mol. The normalized spacial score (nSPS) is 17.6. The van der Waals surface area contributed by atoms with Gasteiger partial charge in [-0.15, -0.1) is 0 Å². The molecule has 31 heavy (non-hydrogen) atoms. The predicted molar refractivity (Wildman–Crippen MR) is 122 cm³/mol. The Bertz CT molecular complexity index is 1330. The molecule has 4 aromatic rings. The number of amides is 1.